The van der Waals surface area contributed by atoms with Crippen molar-refractivity contribution >= 4 is 21.8 Å². The fourth-order valence-electron chi connectivity index (χ4n) is 1.62. The maximum absolute atomic E-state index is 8.68. The van der Waals surface area contributed by atoms with Crippen molar-refractivity contribution in [1.82, 2.24) is 4.57 Å². The number of hydrogen-bond acceptors (Lipinski definition) is 2. The second kappa shape index (κ2) is 5.05. The average molecular weight is 294 g/mol. The van der Waals surface area contributed by atoms with Crippen LogP contribution in [0.1, 0.15) is 11.3 Å². The molecule has 3 N–H and O–H groups in total. The predicted molar refractivity (Wildman–Crippen MR) is 70.2 cm³/mol. The minimum absolute atomic E-state index is 0.118. The highest BCUT2D eigenvalue weighted by Crippen LogP contribution is 2.13. The minimum Gasteiger partial charge on any atom is -0.409 e. The van der Waals surface area contributed by atoms with Crippen LogP contribution >= 0.6 is 15.9 Å². The van der Waals surface area contributed by atoms with Crippen LogP contribution in [-0.4, -0.2) is 15.6 Å². The van der Waals surface area contributed by atoms with E-state index in [1.165, 1.54) is 0 Å². The van der Waals surface area contributed by atoms with Crippen molar-refractivity contribution in [1.29, 1.82) is 0 Å². The van der Waals surface area contributed by atoms with Gasteiger partial charge >= 0.3 is 0 Å². The number of nitrogens with two attached hydrogens (primary N) is 1. The topological polar surface area (TPSA) is 63.5 Å². The number of hydrogen-bond donors (Lipinski definition) is 2. The summed E-state index contributed by atoms with van der Waals surface area (Å²) in [6.07, 6.45) is 1.90. The molecule has 0 fully saturated rings. The molecule has 0 bridgehead atoms. The Morgan fingerprint density at radius 3 is 2.65 bits per heavy atom. The van der Waals surface area contributed by atoms with Crippen molar-refractivity contribution < 1.29 is 5.21 Å². The fraction of sp³-hybridized carbons (Fsp3) is 0.0833. The van der Waals surface area contributed by atoms with Gasteiger partial charge in [-0.1, -0.05) is 33.2 Å². The van der Waals surface area contributed by atoms with Gasteiger partial charge in [-0.2, -0.15) is 0 Å². The van der Waals surface area contributed by atoms with Crippen molar-refractivity contribution in [2.45, 2.75) is 6.54 Å². The quantitative estimate of drug-likeness (QED) is 0.395. The molecular weight excluding hydrogens is 282 g/mol. The van der Waals surface area contributed by atoms with Crippen LogP contribution in [0, 0.1) is 0 Å². The van der Waals surface area contributed by atoms with E-state index in [9.17, 15) is 0 Å². The first-order chi connectivity index (χ1) is 8.20. The highest BCUT2D eigenvalue weighted by Gasteiger charge is 2.05. The molecule has 1 heterocycles. The van der Waals surface area contributed by atoms with Gasteiger partial charge < -0.3 is 15.5 Å². The van der Waals surface area contributed by atoms with Crippen molar-refractivity contribution in [3.8, 4) is 0 Å². The van der Waals surface area contributed by atoms with Crippen LogP contribution in [-0.2, 0) is 6.54 Å². The summed E-state index contributed by atoms with van der Waals surface area (Å²) in [5.41, 5.74) is 7.44. The van der Waals surface area contributed by atoms with Crippen LogP contribution in [0.15, 0.2) is 52.2 Å². The third-order valence-electron chi connectivity index (χ3n) is 2.47. The van der Waals surface area contributed by atoms with Gasteiger partial charge in [-0.3, -0.25) is 0 Å². The first-order valence-electron chi connectivity index (χ1n) is 5.08. The lowest BCUT2D eigenvalue weighted by molar-refractivity contribution is 0.318. The Morgan fingerprint density at radius 1 is 1.29 bits per heavy atom. The van der Waals surface area contributed by atoms with E-state index in [4.69, 9.17) is 10.9 Å². The molecule has 0 atom stereocenters. The van der Waals surface area contributed by atoms with Crippen LogP contribution in [0.25, 0.3) is 0 Å². The number of benzene rings is 1. The molecule has 2 aromatic rings. The van der Waals surface area contributed by atoms with Crippen molar-refractivity contribution in [2.75, 3.05) is 0 Å². The number of rotatable bonds is 3. The van der Waals surface area contributed by atoms with Crippen LogP contribution in [0.2, 0.25) is 0 Å². The molecule has 0 amide bonds. The first kappa shape index (κ1) is 11.7. The summed E-state index contributed by atoms with van der Waals surface area (Å²) >= 11 is 3.39. The summed E-state index contributed by atoms with van der Waals surface area (Å²) in [6, 6.07) is 11.7. The molecule has 0 aliphatic rings. The molecule has 0 aliphatic heterocycles. The second-order valence-electron chi connectivity index (χ2n) is 3.63. The Bertz CT molecular complexity index is 531. The van der Waals surface area contributed by atoms with Gasteiger partial charge in [-0.25, -0.2) is 0 Å². The van der Waals surface area contributed by atoms with Crippen LogP contribution < -0.4 is 5.73 Å². The third-order valence-corrected chi connectivity index (χ3v) is 2.99. The second-order valence-corrected chi connectivity index (χ2v) is 4.55. The molecule has 0 unspecified atom stereocenters. The van der Waals surface area contributed by atoms with E-state index < -0.39 is 0 Å². The Labute approximate surface area is 107 Å². The SMILES string of the molecule is N/C(=N/O)c1cccn1Cc1ccc(Br)cc1. The first-order valence-corrected chi connectivity index (χ1v) is 5.87. The van der Waals surface area contributed by atoms with Crippen LogP contribution in [0.3, 0.4) is 0 Å². The average Bonchev–Trinajstić information content (AvgIpc) is 2.79. The third kappa shape index (κ3) is 2.68. The zero-order valence-electron chi connectivity index (χ0n) is 9.05. The predicted octanol–water partition coefficient (Wildman–Crippen LogP) is 2.39. The molecular formula is C12H12BrN3O. The van der Waals surface area contributed by atoms with Gasteiger partial charge in [0.1, 0.15) is 0 Å². The standard InChI is InChI=1S/C12H12BrN3O/c13-10-5-3-9(4-6-10)8-16-7-1-2-11(16)12(14)15-17/h1-7,17H,8H2,(H2,14,15). The van der Waals surface area contributed by atoms with Crippen molar-refractivity contribution in [3.05, 3.63) is 58.3 Å². The lowest BCUT2D eigenvalue weighted by atomic mass is 10.2. The summed E-state index contributed by atoms with van der Waals surface area (Å²) in [5, 5.41) is 11.7. The summed E-state index contributed by atoms with van der Waals surface area (Å²) < 4.78 is 2.98. The summed E-state index contributed by atoms with van der Waals surface area (Å²) in [5.74, 6) is 0.118. The van der Waals surface area contributed by atoms with Gasteiger partial charge in [0.2, 0.25) is 0 Å². The van der Waals surface area contributed by atoms with E-state index in [0.717, 1.165) is 10.0 Å². The normalized spacial score (nSPS) is 11.7. The molecule has 88 valence electrons. The Morgan fingerprint density at radius 2 is 2.00 bits per heavy atom. The minimum atomic E-state index is 0.118. The molecule has 1 aromatic heterocycles. The molecule has 1 aromatic carbocycles. The molecule has 5 heteroatoms. The zero-order chi connectivity index (χ0) is 12.3. The number of aromatic nitrogens is 1. The Hall–Kier alpha value is -1.75. The monoisotopic (exact) mass is 293 g/mol. The summed E-state index contributed by atoms with van der Waals surface area (Å²) in [6.45, 7) is 0.686. The highest BCUT2D eigenvalue weighted by atomic mass is 79.9. The van der Waals surface area contributed by atoms with Crippen molar-refractivity contribution in [2.24, 2.45) is 10.9 Å². The maximum Gasteiger partial charge on any atom is 0.186 e. The maximum atomic E-state index is 8.68. The molecule has 0 saturated carbocycles. The smallest absolute Gasteiger partial charge is 0.186 e. The van der Waals surface area contributed by atoms with Gasteiger partial charge in [0, 0.05) is 17.2 Å². The number of oxime groups is 1. The molecule has 17 heavy (non-hydrogen) atoms. The molecule has 0 spiro atoms. The van der Waals surface area contributed by atoms with Gasteiger partial charge in [0.25, 0.3) is 0 Å². The largest absolute Gasteiger partial charge is 0.409 e. The number of amidine groups is 1. The molecule has 0 aliphatic carbocycles. The number of nitrogens with zero attached hydrogens (tertiary/aromatic N) is 2. The molecule has 4 nitrogen and oxygen atoms in total. The van der Waals surface area contributed by atoms with E-state index in [1.54, 1.807) is 0 Å². The fourth-order valence-corrected chi connectivity index (χ4v) is 1.89. The summed E-state index contributed by atoms with van der Waals surface area (Å²) in [7, 11) is 0. The van der Waals surface area contributed by atoms with E-state index in [0.29, 0.717) is 12.2 Å². The van der Waals surface area contributed by atoms with E-state index in [1.807, 2.05) is 47.2 Å². The Kier molecular flexibility index (Phi) is 3.49. The lowest BCUT2D eigenvalue weighted by Gasteiger charge is -2.08. The molecule has 0 saturated heterocycles. The Balaban J connectivity index is 2.25. The van der Waals surface area contributed by atoms with Gasteiger partial charge in [0.05, 0.1) is 5.69 Å². The molecule has 0 radical (unpaired) electrons. The van der Waals surface area contributed by atoms with E-state index >= 15 is 0 Å². The highest BCUT2D eigenvalue weighted by molar-refractivity contribution is 9.10. The van der Waals surface area contributed by atoms with Gasteiger partial charge in [-0.05, 0) is 29.8 Å². The van der Waals surface area contributed by atoms with Gasteiger partial charge in [0.15, 0.2) is 5.84 Å². The molecule has 2 rings (SSSR count). The van der Waals surface area contributed by atoms with Gasteiger partial charge in [-0.15, -0.1) is 0 Å². The zero-order valence-corrected chi connectivity index (χ0v) is 10.6. The lowest BCUT2D eigenvalue weighted by Crippen LogP contribution is -2.18. The van der Waals surface area contributed by atoms with E-state index in [2.05, 4.69) is 21.1 Å². The van der Waals surface area contributed by atoms with E-state index in [-0.39, 0.29) is 5.84 Å². The van der Waals surface area contributed by atoms with Crippen molar-refractivity contribution in [3.63, 3.8) is 0 Å². The van der Waals surface area contributed by atoms with Crippen LogP contribution in [0.4, 0.5) is 0 Å². The number of halogens is 1. The summed E-state index contributed by atoms with van der Waals surface area (Å²) in [4.78, 5) is 0. The van der Waals surface area contributed by atoms with Crippen LogP contribution in [0.5, 0.6) is 0 Å².